The Bertz CT molecular complexity index is 593. The molecule has 0 bridgehead atoms. The highest BCUT2D eigenvalue weighted by molar-refractivity contribution is 7.92. The largest absolute Gasteiger partial charge is 0.381 e. The van der Waals surface area contributed by atoms with Gasteiger partial charge in [-0.15, -0.1) is 0 Å². The smallest absolute Gasteiger partial charge is 0.263 e. The molecule has 0 atom stereocenters. The first kappa shape index (κ1) is 15.3. The van der Waals surface area contributed by atoms with Crippen LogP contribution in [-0.4, -0.2) is 26.4 Å². The monoisotopic (exact) mass is 308 g/mol. The van der Waals surface area contributed by atoms with E-state index in [1.54, 1.807) is 0 Å². The van der Waals surface area contributed by atoms with Gasteiger partial charge in [-0.05, 0) is 38.0 Å². The van der Waals surface area contributed by atoms with Crippen LogP contribution in [0.3, 0.4) is 0 Å². The summed E-state index contributed by atoms with van der Waals surface area (Å²) >= 11 is 0. The van der Waals surface area contributed by atoms with Crippen molar-refractivity contribution < 1.29 is 26.3 Å². The lowest BCUT2D eigenvalue weighted by Crippen LogP contribution is -2.41. The number of rotatable bonds is 3. The molecule has 1 aliphatic heterocycles. The van der Waals surface area contributed by atoms with E-state index in [4.69, 9.17) is 4.74 Å². The molecule has 0 unspecified atom stereocenters. The van der Waals surface area contributed by atoms with Gasteiger partial charge in [0.05, 0.1) is 9.64 Å². The van der Waals surface area contributed by atoms with E-state index < -0.39 is 37.3 Å². The molecule has 0 N–H and O–H groups in total. The van der Waals surface area contributed by atoms with Gasteiger partial charge in [0.15, 0.2) is 9.84 Å². The van der Waals surface area contributed by atoms with Crippen molar-refractivity contribution in [3.63, 3.8) is 0 Å². The fourth-order valence-corrected chi connectivity index (χ4v) is 4.05. The SMILES string of the molecule is CC1(S(=O)(=O)c2cc(F)cc(C(F)F)c2)CCOCC1. The van der Waals surface area contributed by atoms with Gasteiger partial charge in [-0.2, -0.15) is 0 Å². The molecule has 0 radical (unpaired) electrons. The molecule has 1 heterocycles. The topological polar surface area (TPSA) is 43.4 Å². The number of benzene rings is 1. The second-order valence-electron chi connectivity index (χ2n) is 5.09. The van der Waals surface area contributed by atoms with E-state index >= 15 is 0 Å². The Morgan fingerprint density at radius 3 is 2.35 bits per heavy atom. The molecule has 3 nitrogen and oxygen atoms in total. The second-order valence-corrected chi connectivity index (χ2v) is 7.55. The number of sulfone groups is 1. The van der Waals surface area contributed by atoms with Gasteiger partial charge in [0.2, 0.25) is 0 Å². The minimum Gasteiger partial charge on any atom is -0.381 e. The molecule has 0 aliphatic carbocycles. The summed E-state index contributed by atoms with van der Waals surface area (Å²) in [7, 11) is -3.89. The van der Waals surface area contributed by atoms with Crippen molar-refractivity contribution in [2.75, 3.05) is 13.2 Å². The fraction of sp³-hybridized carbons (Fsp3) is 0.538. The summed E-state index contributed by atoms with van der Waals surface area (Å²) in [4.78, 5) is -0.391. The Balaban J connectivity index is 2.48. The van der Waals surface area contributed by atoms with Crippen molar-refractivity contribution in [2.24, 2.45) is 0 Å². The van der Waals surface area contributed by atoms with Crippen LogP contribution in [-0.2, 0) is 14.6 Å². The first-order valence-corrected chi connectivity index (χ1v) is 7.66. The highest BCUT2D eigenvalue weighted by atomic mass is 32.2. The molecule has 1 saturated heterocycles. The maximum atomic E-state index is 13.4. The minimum atomic E-state index is -3.89. The van der Waals surface area contributed by atoms with Crippen LogP contribution in [0.2, 0.25) is 0 Å². The van der Waals surface area contributed by atoms with Crippen LogP contribution in [0.4, 0.5) is 13.2 Å². The van der Waals surface area contributed by atoms with Gasteiger partial charge < -0.3 is 4.74 Å². The average Bonchev–Trinajstić information content (AvgIpc) is 2.38. The number of ether oxygens (including phenoxy) is 1. The van der Waals surface area contributed by atoms with Crippen LogP contribution >= 0.6 is 0 Å². The molecule has 0 aromatic heterocycles. The van der Waals surface area contributed by atoms with Crippen molar-refractivity contribution in [3.8, 4) is 0 Å². The zero-order chi connectivity index (χ0) is 15.0. The molecule has 0 amide bonds. The minimum absolute atomic E-state index is 0.260. The summed E-state index contributed by atoms with van der Waals surface area (Å²) in [6.07, 6.45) is -2.40. The van der Waals surface area contributed by atoms with Gasteiger partial charge in [-0.1, -0.05) is 0 Å². The van der Waals surface area contributed by atoms with Crippen LogP contribution in [0.5, 0.6) is 0 Å². The van der Waals surface area contributed by atoms with Gasteiger partial charge in [-0.25, -0.2) is 21.6 Å². The molecule has 1 aromatic rings. The summed E-state index contributed by atoms with van der Waals surface area (Å²) in [5, 5.41) is 0. The van der Waals surface area contributed by atoms with Gasteiger partial charge in [0.25, 0.3) is 6.43 Å². The average molecular weight is 308 g/mol. The summed E-state index contributed by atoms with van der Waals surface area (Å²) in [5.41, 5.74) is -0.626. The summed E-state index contributed by atoms with van der Waals surface area (Å²) < 4.78 is 67.9. The highest BCUT2D eigenvalue weighted by Gasteiger charge is 2.42. The van der Waals surface area contributed by atoms with Crippen LogP contribution in [0, 0.1) is 5.82 Å². The molecule has 1 aromatic carbocycles. The van der Waals surface area contributed by atoms with Gasteiger partial charge >= 0.3 is 0 Å². The normalized spacial score (nSPS) is 19.2. The van der Waals surface area contributed by atoms with E-state index in [0.29, 0.717) is 6.07 Å². The molecule has 0 spiro atoms. The van der Waals surface area contributed by atoms with Crippen LogP contribution in [0.1, 0.15) is 31.8 Å². The summed E-state index contributed by atoms with van der Waals surface area (Å²) in [5.74, 6) is -0.975. The predicted molar refractivity (Wildman–Crippen MR) is 67.0 cm³/mol. The van der Waals surface area contributed by atoms with Gasteiger partial charge in [0.1, 0.15) is 5.82 Å². The molecule has 20 heavy (non-hydrogen) atoms. The van der Waals surface area contributed by atoms with E-state index in [2.05, 4.69) is 0 Å². The van der Waals surface area contributed by atoms with Crippen molar-refractivity contribution >= 4 is 9.84 Å². The Morgan fingerprint density at radius 1 is 1.20 bits per heavy atom. The summed E-state index contributed by atoms with van der Waals surface area (Å²) in [6, 6.07) is 2.29. The quantitative estimate of drug-likeness (QED) is 0.862. The number of hydrogen-bond donors (Lipinski definition) is 0. The first-order valence-electron chi connectivity index (χ1n) is 6.17. The molecular weight excluding hydrogens is 293 g/mol. The lowest BCUT2D eigenvalue weighted by atomic mass is 10.0. The highest BCUT2D eigenvalue weighted by Crippen LogP contribution is 2.35. The molecule has 2 rings (SSSR count). The van der Waals surface area contributed by atoms with Crippen molar-refractivity contribution in [1.82, 2.24) is 0 Å². The zero-order valence-electron chi connectivity index (χ0n) is 10.9. The first-order chi connectivity index (χ1) is 9.26. The maximum absolute atomic E-state index is 13.4. The third-order valence-electron chi connectivity index (χ3n) is 3.66. The van der Waals surface area contributed by atoms with Gasteiger partial charge in [0, 0.05) is 18.8 Å². The van der Waals surface area contributed by atoms with Crippen molar-refractivity contribution in [3.05, 3.63) is 29.6 Å². The predicted octanol–water partition coefficient (Wildman–Crippen LogP) is 3.11. The van der Waals surface area contributed by atoms with E-state index in [-0.39, 0.29) is 26.1 Å². The fourth-order valence-electron chi connectivity index (χ4n) is 2.22. The lowest BCUT2D eigenvalue weighted by Gasteiger charge is -2.33. The van der Waals surface area contributed by atoms with Crippen molar-refractivity contribution in [2.45, 2.75) is 35.8 Å². The van der Waals surface area contributed by atoms with Crippen molar-refractivity contribution in [1.29, 1.82) is 0 Å². The van der Waals surface area contributed by atoms with E-state index in [1.807, 2.05) is 0 Å². The van der Waals surface area contributed by atoms with Crippen LogP contribution in [0.25, 0.3) is 0 Å². The van der Waals surface area contributed by atoms with E-state index in [0.717, 1.165) is 12.1 Å². The third kappa shape index (κ3) is 2.69. The Labute approximate surface area is 115 Å². The molecule has 0 saturated carbocycles. The Morgan fingerprint density at radius 2 is 1.80 bits per heavy atom. The lowest BCUT2D eigenvalue weighted by molar-refractivity contribution is 0.0789. The third-order valence-corrected chi connectivity index (χ3v) is 6.22. The van der Waals surface area contributed by atoms with Crippen LogP contribution < -0.4 is 0 Å². The molecule has 112 valence electrons. The number of halogens is 3. The molecular formula is C13H15F3O3S. The summed E-state index contributed by atoms with van der Waals surface area (Å²) in [6.45, 7) is 2.11. The van der Waals surface area contributed by atoms with Crippen LogP contribution in [0.15, 0.2) is 23.1 Å². The van der Waals surface area contributed by atoms with E-state index in [9.17, 15) is 21.6 Å². The Kier molecular flexibility index (Phi) is 4.11. The number of hydrogen-bond acceptors (Lipinski definition) is 3. The Hall–Kier alpha value is -1.08. The molecule has 1 aliphatic rings. The van der Waals surface area contributed by atoms with Gasteiger partial charge in [-0.3, -0.25) is 0 Å². The number of alkyl halides is 2. The maximum Gasteiger partial charge on any atom is 0.263 e. The zero-order valence-corrected chi connectivity index (χ0v) is 11.7. The standard InChI is InChI=1S/C13H15F3O3S/c1-13(2-4-19-5-3-13)20(17,18)11-7-9(12(15)16)6-10(14)8-11/h6-8,12H,2-5H2,1H3. The molecule has 7 heteroatoms. The van der Waals surface area contributed by atoms with E-state index in [1.165, 1.54) is 6.92 Å². The second kappa shape index (κ2) is 5.37. The molecule has 1 fully saturated rings.